The zero-order valence-electron chi connectivity index (χ0n) is 7.57. The highest BCUT2D eigenvalue weighted by molar-refractivity contribution is 5.23. The van der Waals surface area contributed by atoms with Crippen LogP contribution in [0.15, 0.2) is 0 Å². The van der Waals surface area contributed by atoms with Crippen LogP contribution in [0.3, 0.4) is 0 Å². The Labute approximate surface area is 77.6 Å². The highest BCUT2D eigenvalue weighted by atomic mass is 16.3. The molecule has 0 spiro atoms. The molecule has 0 radical (unpaired) electrons. The quantitative estimate of drug-likeness (QED) is 0.393. The van der Waals surface area contributed by atoms with Crippen molar-refractivity contribution in [3.63, 3.8) is 0 Å². The summed E-state index contributed by atoms with van der Waals surface area (Å²) in [5, 5.41) is 30.9. The van der Waals surface area contributed by atoms with Crippen molar-refractivity contribution in [2.75, 3.05) is 6.61 Å². The molecule has 0 aromatic heterocycles. The van der Waals surface area contributed by atoms with Crippen LogP contribution < -0.4 is 5.32 Å². The fourth-order valence-corrected chi connectivity index (χ4v) is 1.71. The highest BCUT2D eigenvalue weighted by Gasteiger charge is 2.49. The van der Waals surface area contributed by atoms with Crippen molar-refractivity contribution in [1.82, 2.24) is 5.32 Å². The first kappa shape index (κ1) is 10.5. The van der Waals surface area contributed by atoms with Gasteiger partial charge in [-0.3, -0.25) is 5.32 Å². The molecule has 0 bridgehead atoms. The third-order valence-corrected chi connectivity index (χ3v) is 2.70. The standard InChI is InChI=1S/C9H15NO3/c1-3-9(4-2)8(13)7(12)6(5-11)10-9/h1,6-8,10-13H,4-5H2,2H3/t6-,7-,8-,9+/m1/s1. The zero-order chi connectivity index (χ0) is 10.1. The summed E-state index contributed by atoms with van der Waals surface area (Å²) in [4.78, 5) is 0. The van der Waals surface area contributed by atoms with Gasteiger partial charge in [0.25, 0.3) is 0 Å². The second-order valence-corrected chi connectivity index (χ2v) is 3.34. The Morgan fingerprint density at radius 1 is 1.54 bits per heavy atom. The summed E-state index contributed by atoms with van der Waals surface area (Å²) in [6.45, 7) is 1.59. The molecule has 1 aliphatic heterocycles. The Bertz CT molecular complexity index is 225. The normalized spacial score (nSPS) is 44.7. The molecule has 0 aromatic rings. The molecule has 0 saturated carbocycles. The summed E-state index contributed by atoms with van der Waals surface area (Å²) in [5.41, 5.74) is -0.896. The van der Waals surface area contributed by atoms with Crippen LogP contribution >= 0.6 is 0 Å². The first-order valence-electron chi connectivity index (χ1n) is 4.33. The van der Waals surface area contributed by atoms with Gasteiger partial charge in [-0.2, -0.15) is 0 Å². The lowest BCUT2D eigenvalue weighted by molar-refractivity contribution is 0.00952. The minimum atomic E-state index is -1.01. The van der Waals surface area contributed by atoms with Crippen molar-refractivity contribution >= 4 is 0 Å². The average molecular weight is 185 g/mol. The summed E-state index contributed by atoms with van der Waals surface area (Å²) in [6, 6.07) is -0.536. The fourth-order valence-electron chi connectivity index (χ4n) is 1.71. The molecule has 1 heterocycles. The van der Waals surface area contributed by atoms with Gasteiger partial charge in [0.1, 0.15) is 17.7 Å². The summed E-state index contributed by atoms with van der Waals surface area (Å²) in [6.07, 6.45) is 3.78. The van der Waals surface area contributed by atoms with Crippen LogP contribution in [0, 0.1) is 12.3 Å². The van der Waals surface area contributed by atoms with E-state index in [1.807, 2.05) is 6.92 Å². The van der Waals surface area contributed by atoms with Crippen molar-refractivity contribution in [3.05, 3.63) is 0 Å². The van der Waals surface area contributed by atoms with E-state index in [4.69, 9.17) is 11.5 Å². The molecule has 4 N–H and O–H groups in total. The average Bonchev–Trinajstić information content (AvgIpc) is 2.42. The smallest absolute Gasteiger partial charge is 0.111 e. The fraction of sp³-hybridized carbons (Fsp3) is 0.778. The lowest BCUT2D eigenvalue weighted by atomic mass is 9.91. The van der Waals surface area contributed by atoms with Gasteiger partial charge in [0.15, 0.2) is 0 Å². The van der Waals surface area contributed by atoms with Gasteiger partial charge in [-0.1, -0.05) is 12.8 Å². The van der Waals surface area contributed by atoms with E-state index in [9.17, 15) is 10.2 Å². The molecular weight excluding hydrogens is 170 g/mol. The Hall–Kier alpha value is -0.600. The van der Waals surface area contributed by atoms with Gasteiger partial charge >= 0.3 is 0 Å². The molecule has 0 unspecified atom stereocenters. The summed E-state index contributed by atoms with van der Waals surface area (Å²) < 4.78 is 0. The van der Waals surface area contributed by atoms with Gasteiger partial charge in [0, 0.05) is 0 Å². The van der Waals surface area contributed by atoms with E-state index < -0.39 is 23.8 Å². The van der Waals surface area contributed by atoms with E-state index >= 15 is 0 Å². The molecule has 0 amide bonds. The topological polar surface area (TPSA) is 72.7 Å². The predicted molar refractivity (Wildman–Crippen MR) is 47.9 cm³/mol. The van der Waals surface area contributed by atoms with Crippen molar-refractivity contribution in [1.29, 1.82) is 0 Å². The van der Waals surface area contributed by atoms with Gasteiger partial charge in [0.05, 0.1) is 12.6 Å². The van der Waals surface area contributed by atoms with E-state index in [-0.39, 0.29) is 6.61 Å². The Kier molecular flexibility index (Phi) is 2.94. The van der Waals surface area contributed by atoms with E-state index in [0.717, 1.165) is 0 Å². The molecule has 13 heavy (non-hydrogen) atoms. The Balaban J connectivity index is 2.87. The Morgan fingerprint density at radius 3 is 2.38 bits per heavy atom. The van der Waals surface area contributed by atoms with Gasteiger partial charge in [-0.15, -0.1) is 6.42 Å². The third kappa shape index (κ3) is 1.45. The molecule has 1 rings (SSSR count). The molecule has 1 fully saturated rings. The van der Waals surface area contributed by atoms with Crippen LogP contribution in [0.5, 0.6) is 0 Å². The van der Waals surface area contributed by atoms with E-state index in [2.05, 4.69) is 11.2 Å². The van der Waals surface area contributed by atoms with E-state index in [1.54, 1.807) is 0 Å². The van der Waals surface area contributed by atoms with Gasteiger partial charge in [-0.05, 0) is 6.42 Å². The monoisotopic (exact) mass is 185 g/mol. The molecule has 1 saturated heterocycles. The molecule has 0 aliphatic carbocycles. The molecule has 74 valence electrons. The predicted octanol–water partition coefficient (Wildman–Crippen LogP) is -1.55. The second-order valence-electron chi connectivity index (χ2n) is 3.34. The number of hydrogen-bond acceptors (Lipinski definition) is 4. The first-order valence-corrected chi connectivity index (χ1v) is 4.33. The summed E-state index contributed by atoms with van der Waals surface area (Å²) in [7, 11) is 0. The van der Waals surface area contributed by atoms with E-state index in [1.165, 1.54) is 0 Å². The van der Waals surface area contributed by atoms with Gasteiger partial charge < -0.3 is 15.3 Å². The number of hydrogen-bond donors (Lipinski definition) is 4. The minimum Gasteiger partial charge on any atom is -0.395 e. The van der Waals surface area contributed by atoms with Crippen molar-refractivity contribution < 1.29 is 15.3 Å². The van der Waals surface area contributed by atoms with Crippen LogP contribution in [-0.4, -0.2) is 45.7 Å². The Morgan fingerprint density at radius 2 is 2.15 bits per heavy atom. The molecule has 4 heteroatoms. The molecular formula is C9H15NO3. The summed E-state index contributed by atoms with van der Waals surface area (Å²) >= 11 is 0. The maximum Gasteiger partial charge on any atom is 0.111 e. The van der Waals surface area contributed by atoms with Crippen LogP contribution in [0.4, 0.5) is 0 Å². The van der Waals surface area contributed by atoms with Crippen LogP contribution in [0.25, 0.3) is 0 Å². The van der Waals surface area contributed by atoms with Crippen LogP contribution in [0.1, 0.15) is 13.3 Å². The second kappa shape index (κ2) is 3.64. The maximum absolute atomic E-state index is 9.64. The van der Waals surface area contributed by atoms with Crippen LogP contribution in [-0.2, 0) is 0 Å². The minimum absolute atomic E-state index is 0.234. The SMILES string of the molecule is C#C[C@@]1(CC)N[C@H](CO)[C@@H](O)[C@H]1O. The molecule has 4 atom stereocenters. The van der Waals surface area contributed by atoms with E-state index in [0.29, 0.717) is 6.42 Å². The number of aliphatic hydroxyl groups is 3. The highest BCUT2D eigenvalue weighted by Crippen LogP contribution is 2.26. The largest absolute Gasteiger partial charge is 0.395 e. The molecule has 0 aromatic carbocycles. The van der Waals surface area contributed by atoms with Gasteiger partial charge in [-0.25, -0.2) is 0 Å². The number of rotatable bonds is 2. The summed E-state index contributed by atoms with van der Waals surface area (Å²) in [5.74, 6) is 2.44. The zero-order valence-corrected chi connectivity index (χ0v) is 7.57. The number of terminal acetylenes is 1. The van der Waals surface area contributed by atoms with Gasteiger partial charge in [0.2, 0.25) is 0 Å². The molecule has 1 aliphatic rings. The van der Waals surface area contributed by atoms with Crippen molar-refractivity contribution in [2.24, 2.45) is 0 Å². The maximum atomic E-state index is 9.64. The lowest BCUT2D eigenvalue weighted by Crippen LogP contribution is -2.48. The lowest BCUT2D eigenvalue weighted by Gasteiger charge is -2.25. The van der Waals surface area contributed by atoms with Crippen molar-refractivity contribution in [2.45, 2.75) is 37.1 Å². The third-order valence-electron chi connectivity index (χ3n) is 2.70. The number of nitrogens with one attached hydrogen (secondary N) is 1. The van der Waals surface area contributed by atoms with Crippen LogP contribution in [0.2, 0.25) is 0 Å². The first-order chi connectivity index (χ1) is 6.11. The number of aliphatic hydroxyl groups excluding tert-OH is 3. The van der Waals surface area contributed by atoms with Crippen molar-refractivity contribution in [3.8, 4) is 12.3 Å². The molecule has 4 nitrogen and oxygen atoms in total.